The molecule has 0 aliphatic rings. The van der Waals surface area contributed by atoms with Gasteiger partial charge in [-0.25, -0.2) is 9.97 Å². The molecule has 0 aliphatic carbocycles. The summed E-state index contributed by atoms with van der Waals surface area (Å²) in [6.07, 6.45) is 1.68. The van der Waals surface area contributed by atoms with Gasteiger partial charge in [0.2, 0.25) is 0 Å². The fourth-order valence-corrected chi connectivity index (χ4v) is 3.39. The lowest BCUT2D eigenvalue weighted by atomic mass is 10.2. The van der Waals surface area contributed by atoms with E-state index in [4.69, 9.17) is 0 Å². The lowest BCUT2D eigenvalue weighted by Crippen LogP contribution is -2.18. The quantitative estimate of drug-likeness (QED) is 0.786. The fourth-order valence-electron chi connectivity index (χ4n) is 2.32. The van der Waals surface area contributed by atoms with E-state index in [1.807, 2.05) is 37.4 Å². The molecule has 22 heavy (non-hydrogen) atoms. The molecule has 3 rings (SSSR count). The van der Waals surface area contributed by atoms with Gasteiger partial charge >= 0.3 is 0 Å². The van der Waals surface area contributed by atoms with Crippen molar-refractivity contribution in [3.8, 4) is 0 Å². The second-order valence-electron chi connectivity index (χ2n) is 5.05. The van der Waals surface area contributed by atoms with Gasteiger partial charge in [0.05, 0.1) is 22.1 Å². The zero-order valence-electron chi connectivity index (χ0n) is 12.6. The molecule has 3 aromatic rings. The molecule has 0 saturated heterocycles. The number of fused-ring (bicyclic) bond motifs is 1. The van der Waals surface area contributed by atoms with Gasteiger partial charge in [0, 0.05) is 25.5 Å². The van der Waals surface area contributed by atoms with Crippen LogP contribution in [0.25, 0.3) is 11.2 Å². The largest absolute Gasteiger partial charge is 0.375 e. The molecule has 2 heterocycles. The van der Waals surface area contributed by atoms with E-state index >= 15 is 0 Å². The van der Waals surface area contributed by atoms with E-state index in [9.17, 15) is 4.21 Å². The molecule has 2 aromatic heterocycles. The number of aromatic nitrogens is 3. The predicted molar refractivity (Wildman–Crippen MR) is 89.4 cm³/mol. The number of rotatable bonds is 5. The highest BCUT2D eigenvalue weighted by atomic mass is 32.2. The highest BCUT2D eigenvalue weighted by Crippen LogP contribution is 2.22. The van der Waals surface area contributed by atoms with E-state index in [2.05, 4.69) is 32.8 Å². The minimum absolute atomic E-state index is 0.431. The summed E-state index contributed by atoms with van der Waals surface area (Å²) in [5.74, 6) is 0.431. The highest BCUT2D eigenvalue weighted by molar-refractivity contribution is 7.84. The van der Waals surface area contributed by atoms with Crippen LogP contribution >= 0.6 is 0 Å². The van der Waals surface area contributed by atoms with Crippen LogP contribution in [-0.4, -0.2) is 32.8 Å². The molecular formula is C16H18N4OS. The number of anilines is 1. The van der Waals surface area contributed by atoms with Gasteiger partial charge in [-0.2, -0.15) is 0 Å². The zero-order chi connectivity index (χ0) is 15.5. The maximum atomic E-state index is 12.6. The summed E-state index contributed by atoms with van der Waals surface area (Å²) in [6, 6.07) is 11.8. The van der Waals surface area contributed by atoms with E-state index in [1.54, 1.807) is 6.20 Å². The van der Waals surface area contributed by atoms with Crippen molar-refractivity contribution in [3.63, 3.8) is 0 Å². The Morgan fingerprint density at radius 3 is 2.82 bits per heavy atom. The summed E-state index contributed by atoms with van der Waals surface area (Å²) in [5, 5.41) is 0.475. The molecule has 0 aliphatic heterocycles. The summed E-state index contributed by atoms with van der Waals surface area (Å²) in [4.78, 5) is 13.7. The van der Waals surface area contributed by atoms with Crippen molar-refractivity contribution in [3.05, 3.63) is 48.2 Å². The molecule has 0 saturated carbocycles. The number of imidazole rings is 1. The van der Waals surface area contributed by atoms with Crippen molar-refractivity contribution < 1.29 is 4.21 Å². The van der Waals surface area contributed by atoms with Crippen molar-refractivity contribution in [2.45, 2.75) is 17.8 Å². The molecule has 1 aromatic carbocycles. The van der Waals surface area contributed by atoms with Crippen LogP contribution in [0.15, 0.2) is 47.8 Å². The number of H-pyrrole nitrogens is 1. The Morgan fingerprint density at radius 2 is 2.05 bits per heavy atom. The molecule has 114 valence electrons. The number of aromatic amines is 1. The summed E-state index contributed by atoms with van der Waals surface area (Å²) in [6.45, 7) is 3.00. The van der Waals surface area contributed by atoms with Gasteiger partial charge < -0.3 is 9.88 Å². The van der Waals surface area contributed by atoms with Gasteiger partial charge in [-0.1, -0.05) is 18.2 Å². The third-order valence-electron chi connectivity index (χ3n) is 3.62. The Hall–Kier alpha value is -2.21. The van der Waals surface area contributed by atoms with Crippen LogP contribution in [0, 0.1) is 0 Å². The molecule has 1 N–H and O–H groups in total. The van der Waals surface area contributed by atoms with Crippen molar-refractivity contribution in [2.75, 3.05) is 18.5 Å². The second-order valence-corrected chi connectivity index (χ2v) is 6.42. The highest BCUT2D eigenvalue weighted by Gasteiger charge is 2.14. The average molecular weight is 314 g/mol. The van der Waals surface area contributed by atoms with Crippen LogP contribution in [0.2, 0.25) is 0 Å². The Balaban J connectivity index is 1.88. The van der Waals surface area contributed by atoms with E-state index in [-0.39, 0.29) is 0 Å². The predicted octanol–water partition coefficient (Wildman–Crippen LogP) is 2.72. The SMILES string of the molecule is CCN(C)c1ccccc1CS(=O)c1nc2ncccc2[nH]1. The summed E-state index contributed by atoms with van der Waals surface area (Å²) < 4.78 is 12.6. The lowest BCUT2D eigenvalue weighted by Gasteiger charge is -2.20. The number of hydrogen-bond donors (Lipinski definition) is 1. The molecule has 1 unspecified atom stereocenters. The zero-order valence-corrected chi connectivity index (χ0v) is 13.4. The maximum absolute atomic E-state index is 12.6. The molecule has 6 heteroatoms. The van der Waals surface area contributed by atoms with E-state index in [1.165, 1.54) is 0 Å². The van der Waals surface area contributed by atoms with Crippen molar-refractivity contribution >= 4 is 27.7 Å². The van der Waals surface area contributed by atoms with Crippen LogP contribution in [0.4, 0.5) is 5.69 Å². The van der Waals surface area contributed by atoms with Crippen molar-refractivity contribution in [2.24, 2.45) is 0 Å². The maximum Gasteiger partial charge on any atom is 0.199 e. The first-order chi connectivity index (χ1) is 10.7. The minimum Gasteiger partial charge on any atom is -0.375 e. The van der Waals surface area contributed by atoms with Crippen LogP contribution < -0.4 is 4.90 Å². The number of pyridine rings is 1. The summed E-state index contributed by atoms with van der Waals surface area (Å²) >= 11 is 0. The Bertz CT molecular complexity index is 782. The molecule has 0 radical (unpaired) electrons. The van der Waals surface area contributed by atoms with Crippen molar-refractivity contribution in [1.82, 2.24) is 15.0 Å². The Morgan fingerprint density at radius 1 is 1.23 bits per heavy atom. The third-order valence-corrected chi connectivity index (χ3v) is 4.81. The standard InChI is InChI=1S/C16H18N4OS/c1-3-20(2)14-9-5-4-7-12(14)11-22(21)16-18-13-8-6-10-17-15(13)19-16/h4-10H,3,11H2,1-2H3,(H,17,18,19). The van der Waals surface area contributed by atoms with Crippen LogP contribution in [0.3, 0.4) is 0 Å². The topological polar surface area (TPSA) is 61.9 Å². The molecule has 0 spiro atoms. The number of nitrogens with zero attached hydrogens (tertiary/aromatic N) is 3. The molecule has 0 fully saturated rings. The summed E-state index contributed by atoms with van der Waals surface area (Å²) in [7, 11) is 0.805. The van der Waals surface area contributed by atoms with Crippen LogP contribution in [0.1, 0.15) is 12.5 Å². The molecule has 1 atom stereocenters. The molecule has 0 amide bonds. The van der Waals surface area contributed by atoms with Gasteiger partial charge in [-0.15, -0.1) is 0 Å². The smallest absolute Gasteiger partial charge is 0.199 e. The second kappa shape index (κ2) is 6.27. The third kappa shape index (κ3) is 2.87. The average Bonchev–Trinajstić information content (AvgIpc) is 2.99. The monoisotopic (exact) mass is 314 g/mol. The number of hydrogen-bond acceptors (Lipinski definition) is 4. The first-order valence-electron chi connectivity index (χ1n) is 7.17. The number of para-hydroxylation sites is 1. The van der Waals surface area contributed by atoms with Gasteiger partial charge in [0.15, 0.2) is 10.8 Å². The molecule has 0 bridgehead atoms. The summed E-state index contributed by atoms with van der Waals surface area (Å²) in [5.41, 5.74) is 3.57. The molecule has 5 nitrogen and oxygen atoms in total. The minimum atomic E-state index is -1.23. The first-order valence-corrected chi connectivity index (χ1v) is 8.49. The number of benzene rings is 1. The lowest BCUT2D eigenvalue weighted by molar-refractivity contribution is 0.677. The van der Waals surface area contributed by atoms with Gasteiger partial charge in [-0.05, 0) is 30.7 Å². The molecular weight excluding hydrogens is 296 g/mol. The van der Waals surface area contributed by atoms with E-state index in [0.717, 1.165) is 23.3 Å². The first kappa shape index (κ1) is 14.7. The van der Waals surface area contributed by atoms with Crippen LogP contribution in [-0.2, 0) is 16.6 Å². The van der Waals surface area contributed by atoms with Crippen molar-refractivity contribution in [1.29, 1.82) is 0 Å². The van der Waals surface area contributed by atoms with Crippen LogP contribution in [0.5, 0.6) is 0 Å². The Labute approximate surface area is 131 Å². The Kier molecular flexibility index (Phi) is 4.20. The van der Waals surface area contributed by atoms with E-state index < -0.39 is 10.8 Å². The fraction of sp³-hybridized carbons (Fsp3) is 0.250. The van der Waals surface area contributed by atoms with E-state index in [0.29, 0.717) is 16.6 Å². The van der Waals surface area contributed by atoms with Gasteiger partial charge in [-0.3, -0.25) is 4.21 Å². The van der Waals surface area contributed by atoms with Gasteiger partial charge in [0.1, 0.15) is 0 Å². The number of nitrogens with one attached hydrogen (secondary N) is 1. The normalized spacial score (nSPS) is 12.5. The van der Waals surface area contributed by atoms with Gasteiger partial charge in [0.25, 0.3) is 0 Å².